The van der Waals surface area contributed by atoms with Crippen molar-refractivity contribution < 1.29 is 68.3 Å². The molecule has 3 N–H and O–H groups in total. The number of carboxylic acids is 1. The van der Waals surface area contributed by atoms with Crippen LogP contribution in [0.15, 0.2) is 10.5 Å². The molecule has 29 heavy (non-hydrogen) atoms. The van der Waals surface area contributed by atoms with Crippen molar-refractivity contribution in [3.8, 4) is 0 Å². The molecule has 13 nitrogen and oxygen atoms in total. The van der Waals surface area contributed by atoms with Gasteiger partial charge in [0.15, 0.2) is 10.8 Å². The van der Waals surface area contributed by atoms with Crippen LogP contribution in [-0.2, 0) is 33.6 Å². The zero-order valence-electron chi connectivity index (χ0n) is 15.4. The van der Waals surface area contributed by atoms with Crippen LogP contribution in [0.2, 0.25) is 0 Å². The second-order valence-electron chi connectivity index (χ2n) is 5.69. The Morgan fingerprint density at radius 1 is 1.52 bits per heavy atom. The number of cyclic esters (lactones) is 1. The van der Waals surface area contributed by atoms with E-state index < -0.39 is 42.1 Å². The fourth-order valence-electron chi connectivity index (χ4n) is 2.66. The molecule has 0 aromatic carbocycles. The molecule has 2 amide bonds. The summed E-state index contributed by atoms with van der Waals surface area (Å²) in [6.07, 6.45) is -0.566. The van der Waals surface area contributed by atoms with Gasteiger partial charge in [-0.05, 0) is 0 Å². The van der Waals surface area contributed by atoms with Crippen molar-refractivity contribution in [2.45, 2.75) is 24.6 Å². The second-order valence-corrected chi connectivity index (χ2v) is 6.58. The number of hydrogen-bond acceptors (Lipinski definition) is 12. The minimum atomic E-state index is -2.37. The van der Waals surface area contributed by atoms with Gasteiger partial charge in [0.05, 0.1) is 6.42 Å². The molecule has 0 bridgehead atoms. The van der Waals surface area contributed by atoms with Crippen LogP contribution in [0, 0.1) is 0 Å². The van der Waals surface area contributed by atoms with E-state index in [9.17, 15) is 24.3 Å². The van der Waals surface area contributed by atoms with Gasteiger partial charge in [-0.2, -0.15) is 5.06 Å². The van der Waals surface area contributed by atoms with Crippen molar-refractivity contribution in [3.05, 3.63) is 11.1 Å². The summed E-state index contributed by atoms with van der Waals surface area (Å²) < 4.78 is 4.78. The molecule has 0 aliphatic carbocycles. The largest absolute Gasteiger partial charge is 1.00 e. The van der Waals surface area contributed by atoms with Crippen molar-refractivity contribution in [1.29, 1.82) is 0 Å². The number of aliphatic carboxylic acids is 1. The van der Waals surface area contributed by atoms with E-state index in [2.05, 4.69) is 20.3 Å². The molecule has 2 fully saturated rings. The molecule has 1 unspecified atom stereocenters. The summed E-state index contributed by atoms with van der Waals surface area (Å²) >= 11 is 1.07. The Balaban J connectivity index is 0.00000300. The predicted octanol–water partition coefficient (Wildman–Crippen LogP) is -5.88. The Bertz CT molecular complexity index is 876. The van der Waals surface area contributed by atoms with Crippen LogP contribution in [0.5, 0.6) is 0 Å². The van der Waals surface area contributed by atoms with Gasteiger partial charge in [0.1, 0.15) is 31.4 Å². The number of esters is 1. The Morgan fingerprint density at radius 3 is 2.76 bits per heavy atom. The van der Waals surface area contributed by atoms with Gasteiger partial charge in [-0.3, -0.25) is 19.2 Å². The van der Waals surface area contributed by atoms with Gasteiger partial charge in [-0.1, -0.05) is 5.16 Å². The van der Waals surface area contributed by atoms with Crippen LogP contribution in [0.3, 0.4) is 0 Å². The minimum Gasteiger partial charge on any atom is -0.544 e. The number of hydrogen-bond donors (Lipinski definition) is 2. The standard InChI is InChI=1S/C14H15N5O8S.Na/c1-25-18-9(7-5-28-13(15)17-7)10(21)16-6-4-26-19(11(6)22)14(12(23)24)3-2-8(20)27-14;/h5-6H,2-4H2,1H3,(H2,15,17)(H,16,21)(H,23,24);/q;+1/p-1/t6-,14?;/m1./s1. The summed E-state index contributed by atoms with van der Waals surface area (Å²) in [5.41, 5.74) is 3.04. The third kappa shape index (κ3) is 4.35. The average molecular weight is 435 g/mol. The molecule has 1 aromatic rings. The SMILES string of the molecule is CON=C(C(=O)N[C@@H]1CON(C2(C(=O)[O-])CCC(=O)O2)C1=O)c1csc(N)n1.[Na+]. The third-order valence-corrected chi connectivity index (χ3v) is 4.61. The number of ether oxygens (including phenoxy) is 1. The number of carbonyl (C=O) groups excluding carboxylic acids is 4. The molecule has 3 heterocycles. The maximum atomic E-state index is 12.6. The maximum absolute atomic E-state index is 12.6. The summed E-state index contributed by atoms with van der Waals surface area (Å²) in [5, 5.41) is 19.5. The van der Waals surface area contributed by atoms with E-state index in [0.29, 0.717) is 5.06 Å². The molecule has 2 saturated heterocycles. The normalized spacial score (nSPS) is 24.1. The Kier molecular flexibility index (Phi) is 7.18. The molecule has 0 spiro atoms. The van der Waals surface area contributed by atoms with Crippen molar-refractivity contribution >= 4 is 45.9 Å². The Labute approximate surface area is 189 Å². The summed E-state index contributed by atoms with van der Waals surface area (Å²) in [4.78, 5) is 61.6. The van der Waals surface area contributed by atoms with E-state index in [1.54, 1.807) is 0 Å². The zero-order valence-corrected chi connectivity index (χ0v) is 18.2. The predicted molar refractivity (Wildman–Crippen MR) is 87.9 cm³/mol. The van der Waals surface area contributed by atoms with Gasteiger partial charge in [-0.15, -0.1) is 11.3 Å². The number of thiazole rings is 1. The molecule has 3 rings (SSSR count). The van der Waals surface area contributed by atoms with Crippen LogP contribution in [0.25, 0.3) is 0 Å². The number of nitrogens with two attached hydrogens (primary N) is 1. The van der Waals surface area contributed by atoms with Crippen LogP contribution in [-0.4, -0.2) is 65.0 Å². The number of hydroxylamine groups is 2. The van der Waals surface area contributed by atoms with Gasteiger partial charge in [0, 0.05) is 11.8 Å². The summed E-state index contributed by atoms with van der Waals surface area (Å²) in [6.45, 7) is -0.392. The van der Waals surface area contributed by atoms with Crippen molar-refractivity contribution in [2.75, 3.05) is 19.5 Å². The molecular formula is C14H14N5NaO8S. The number of nitrogens with one attached hydrogen (secondary N) is 1. The molecule has 2 aliphatic heterocycles. The van der Waals surface area contributed by atoms with Gasteiger partial charge >= 0.3 is 35.5 Å². The Hall–Kier alpha value is -2.26. The number of anilines is 1. The van der Waals surface area contributed by atoms with Crippen LogP contribution in [0.4, 0.5) is 5.13 Å². The number of carboxylic acid groups (broad SMARTS) is 1. The molecule has 0 radical (unpaired) electrons. The van der Waals surface area contributed by atoms with E-state index in [1.165, 1.54) is 12.5 Å². The van der Waals surface area contributed by atoms with Crippen molar-refractivity contribution in [3.63, 3.8) is 0 Å². The van der Waals surface area contributed by atoms with E-state index in [-0.39, 0.29) is 58.9 Å². The molecule has 1 aromatic heterocycles. The molecule has 15 heteroatoms. The van der Waals surface area contributed by atoms with Gasteiger partial charge in [0.2, 0.25) is 0 Å². The molecule has 0 saturated carbocycles. The molecular weight excluding hydrogens is 421 g/mol. The topological polar surface area (TPSA) is 186 Å². The van der Waals surface area contributed by atoms with Gasteiger partial charge in [0.25, 0.3) is 17.5 Å². The number of carbonyl (C=O) groups is 4. The summed E-state index contributed by atoms with van der Waals surface area (Å²) in [6, 6.07) is -1.26. The smallest absolute Gasteiger partial charge is 0.544 e. The maximum Gasteiger partial charge on any atom is 1.00 e. The second kappa shape index (κ2) is 9.04. The molecule has 150 valence electrons. The van der Waals surface area contributed by atoms with E-state index in [4.69, 9.17) is 15.3 Å². The number of rotatable bonds is 6. The van der Waals surface area contributed by atoms with Crippen LogP contribution >= 0.6 is 11.3 Å². The van der Waals surface area contributed by atoms with Crippen molar-refractivity contribution in [2.24, 2.45) is 5.16 Å². The first-order valence-electron chi connectivity index (χ1n) is 7.82. The average Bonchev–Trinajstić information content (AvgIpc) is 3.33. The van der Waals surface area contributed by atoms with Crippen LogP contribution < -0.4 is 45.7 Å². The minimum absolute atomic E-state index is 0. The summed E-state index contributed by atoms with van der Waals surface area (Å²) in [5.74, 6) is -4.38. The van der Waals surface area contributed by atoms with Gasteiger partial charge < -0.3 is 30.5 Å². The molecule has 2 aliphatic rings. The number of nitrogen functional groups attached to an aromatic ring is 1. The fourth-order valence-corrected chi connectivity index (χ4v) is 3.21. The van der Waals surface area contributed by atoms with E-state index in [1.807, 2.05) is 0 Å². The zero-order chi connectivity index (χ0) is 20.5. The first kappa shape index (κ1) is 23.0. The van der Waals surface area contributed by atoms with E-state index in [0.717, 1.165) is 11.3 Å². The number of oxime groups is 1. The van der Waals surface area contributed by atoms with Crippen molar-refractivity contribution in [1.82, 2.24) is 15.4 Å². The number of nitrogens with zero attached hydrogens (tertiary/aromatic N) is 3. The fraction of sp³-hybridized carbons (Fsp3) is 0.429. The number of aromatic nitrogens is 1. The summed E-state index contributed by atoms with van der Waals surface area (Å²) in [7, 11) is 1.21. The van der Waals surface area contributed by atoms with E-state index >= 15 is 0 Å². The first-order chi connectivity index (χ1) is 13.3. The Morgan fingerprint density at radius 2 is 2.24 bits per heavy atom. The van der Waals surface area contributed by atoms with Crippen LogP contribution in [0.1, 0.15) is 18.5 Å². The third-order valence-electron chi connectivity index (χ3n) is 3.93. The quantitative estimate of drug-likeness (QED) is 0.189. The molecule has 2 atom stereocenters. The first-order valence-corrected chi connectivity index (χ1v) is 8.70. The monoisotopic (exact) mass is 435 g/mol. The number of amides is 2. The van der Waals surface area contributed by atoms with Gasteiger partial charge in [-0.25, -0.2) is 4.98 Å².